The molecule has 5 N–H and O–H groups in total. The van der Waals surface area contributed by atoms with Crippen LogP contribution in [0.1, 0.15) is 11.9 Å². The number of anilines is 1. The Morgan fingerprint density at radius 1 is 1.62 bits per heavy atom. The summed E-state index contributed by atoms with van der Waals surface area (Å²) in [6, 6.07) is 0. The van der Waals surface area contributed by atoms with Crippen LogP contribution in [0.2, 0.25) is 0 Å². The highest BCUT2D eigenvalue weighted by atomic mass is 32.1. The second-order valence-corrected chi connectivity index (χ2v) is 3.65. The first-order chi connectivity index (χ1) is 7.38. The monoisotopic (exact) mass is 247 g/mol. The van der Waals surface area contributed by atoms with E-state index in [-0.39, 0.29) is 0 Å². The number of carbonyl (C=O) groups is 2. The minimum Gasteiger partial charge on any atom is -0.481 e. The number of hydrogen-bond donors (Lipinski definition) is 4. The van der Waals surface area contributed by atoms with E-state index in [1.165, 1.54) is 0 Å². The molecule has 1 saturated heterocycles. The number of rotatable bonds is 2. The minimum atomic E-state index is -1.44. The number of aromatic nitrogens is 1. The lowest BCUT2D eigenvalue weighted by atomic mass is 10.3. The van der Waals surface area contributed by atoms with E-state index in [0.29, 0.717) is 10.8 Å². The van der Waals surface area contributed by atoms with Crippen molar-refractivity contribution in [3.63, 3.8) is 0 Å². The molecule has 9 heteroatoms. The number of carboxylic acid groups (broad SMARTS) is 2. The molecule has 2 heterocycles. The van der Waals surface area contributed by atoms with E-state index in [1.54, 1.807) is 5.38 Å². The number of hydroxylamine groups is 1. The molecule has 0 aliphatic carbocycles. The molecule has 2 rings (SSSR count). The van der Waals surface area contributed by atoms with Gasteiger partial charge in [0.1, 0.15) is 5.82 Å². The predicted molar refractivity (Wildman–Crippen MR) is 53.4 cm³/mol. The molecule has 1 aromatic heterocycles. The number of nitrogens with two attached hydrogens (primary N) is 1. The summed E-state index contributed by atoms with van der Waals surface area (Å²) in [5.74, 6) is -1.65. The molecule has 0 aromatic carbocycles. The van der Waals surface area contributed by atoms with Crippen LogP contribution in [0.15, 0.2) is 5.38 Å². The van der Waals surface area contributed by atoms with Crippen molar-refractivity contribution in [3.8, 4) is 0 Å². The summed E-state index contributed by atoms with van der Waals surface area (Å²) >= 11 is 1.14. The van der Waals surface area contributed by atoms with Crippen molar-refractivity contribution in [3.05, 3.63) is 10.4 Å². The standard InChI is InChI=1S/C5H5N3O3S.C2H4O2/c6-2-1-12-3(7-2)5(4(9)10)8-11-5;1-2(3)4/h1,8H,6H2,(H,9,10);1H3,(H,3,4). The average Bonchev–Trinajstić information content (AvgIpc) is 2.84. The van der Waals surface area contributed by atoms with Crippen LogP contribution >= 0.6 is 11.3 Å². The second-order valence-electron chi connectivity index (χ2n) is 2.79. The predicted octanol–water partition coefficient (Wildman–Crippen LogP) is -0.412. The Balaban J connectivity index is 0.000000280. The molecule has 1 fully saturated rings. The van der Waals surface area contributed by atoms with E-state index in [9.17, 15) is 4.79 Å². The largest absolute Gasteiger partial charge is 0.481 e. The van der Waals surface area contributed by atoms with Crippen molar-refractivity contribution >= 4 is 29.1 Å². The Hall–Kier alpha value is -1.71. The van der Waals surface area contributed by atoms with Crippen LogP contribution in [0, 0.1) is 0 Å². The average molecular weight is 247 g/mol. The Kier molecular flexibility index (Phi) is 3.42. The Bertz CT molecular complexity index is 410. The third-order valence-electron chi connectivity index (χ3n) is 1.43. The summed E-state index contributed by atoms with van der Waals surface area (Å²) in [5.41, 5.74) is 6.15. The molecule has 1 aliphatic heterocycles. The highest BCUT2D eigenvalue weighted by Gasteiger charge is 2.58. The summed E-state index contributed by atoms with van der Waals surface area (Å²) in [6.07, 6.45) is 0. The third-order valence-corrected chi connectivity index (χ3v) is 2.39. The zero-order chi connectivity index (χ0) is 12.3. The van der Waals surface area contributed by atoms with Gasteiger partial charge in [-0.25, -0.2) is 9.78 Å². The molecule has 16 heavy (non-hydrogen) atoms. The van der Waals surface area contributed by atoms with Crippen LogP contribution in [0.4, 0.5) is 5.82 Å². The van der Waals surface area contributed by atoms with Crippen LogP contribution in [0.5, 0.6) is 0 Å². The number of thiazole rings is 1. The van der Waals surface area contributed by atoms with Gasteiger partial charge in [0.15, 0.2) is 5.01 Å². The first-order valence-corrected chi connectivity index (χ1v) is 4.86. The van der Waals surface area contributed by atoms with Crippen LogP contribution in [0.3, 0.4) is 0 Å². The lowest BCUT2D eigenvalue weighted by Gasteiger charge is -1.96. The molecule has 8 nitrogen and oxygen atoms in total. The number of nitrogens with zero attached hydrogens (tertiary/aromatic N) is 1. The van der Waals surface area contributed by atoms with Gasteiger partial charge in [0.2, 0.25) is 0 Å². The molecule has 0 bridgehead atoms. The summed E-state index contributed by atoms with van der Waals surface area (Å²) in [4.78, 5) is 28.0. The van der Waals surface area contributed by atoms with Crippen molar-refractivity contribution in [1.82, 2.24) is 10.5 Å². The van der Waals surface area contributed by atoms with Crippen molar-refractivity contribution in [2.24, 2.45) is 0 Å². The maximum Gasteiger partial charge on any atom is 0.363 e. The van der Waals surface area contributed by atoms with E-state index in [1.807, 2.05) is 0 Å². The van der Waals surface area contributed by atoms with Gasteiger partial charge in [-0.3, -0.25) is 9.63 Å². The maximum absolute atomic E-state index is 10.6. The number of aliphatic carboxylic acids is 2. The summed E-state index contributed by atoms with van der Waals surface area (Å²) in [5, 5.41) is 18.0. The van der Waals surface area contributed by atoms with Gasteiger partial charge in [-0.1, -0.05) is 0 Å². The number of nitrogen functional groups attached to an aromatic ring is 1. The van der Waals surface area contributed by atoms with E-state index in [2.05, 4.69) is 15.3 Å². The van der Waals surface area contributed by atoms with E-state index >= 15 is 0 Å². The highest BCUT2D eigenvalue weighted by Crippen LogP contribution is 2.35. The number of hydrogen-bond acceptors (Lipinski definition) is 7. The normalized spacial score (nSPS) is 21.8. The summed E-state index contributed by atoms with van der Waals surface area (Å²) in [6.45, 7) is 1.08. The molecule has 1 unspecified atom stereocenters. The Morgan fingerprint density at radius 3 is 2.38 bits per heavy atom. The van der Waals surface area contributed by atoms with Gasteiger partial charge in [0, 0.05) is 12.3 Å². The van der Waals surface area contributed by atoms with Gasteiger partial charge in [-0.2, -0.15) is 0 Å². The van der Waals surface area contributed by atoms with Gasteiger partial charge >= 0.3 is 11.7 Å². The van der Waals surface area contributed by atoms with Crippen molar-refractivity contribution in [2.75, 3.05) is 5.73 Å². The fraction of sp³-hybridized carbons (Fsp3) is 0.286. The van der Waals surface area contributed by atoms with E-state index in [4.69, 9.17) is 20.7 Å². The zero-order valence-electron chi connectivity index (χ0n) is 8.13. The van der Waals surface area contributed by atoms with Crippen molar-refractivity contribution in [2.45, 2.75) is 12.6 Å². The molecule has 0 amide bonds. The molecule has 0 radical (unpaired) electrons. The number of carboxylic acids is 2. The van der Waals surface area contributed by atoms with Gasteiger partial charge in [-0.05, 0) is 0 Å². The molecule has 88 valence electrons. The lowest BCUT2D eigenvalue weighted by Crippen LogP contribution is -2.24. The molecule has 0 spiro atoms. The van der Waals surface area contributed by atoms with E-state index < -0.39 is 17.7 Å². The molecule has 1 aromatic rings. The topological polar surface area (TPSA) is 148 Å². The van der Waals surface area contributed by atoms with Crippen LogP contribution in [0.25, 0.3) is 0 Å². The van der Waals surface area contributed by atoms with Gasteiger partial charge in [-0.15, -0.1) is 16.8 Å². The van der Waals surface area contributed by atoms with Crippen LogP contribution in [-0.4, -0.2) is 27.1 Å². The number of nitrogens with one attached hydrogen (secondary N) is 1. The Labute approximate surface area is 93.6 Å². The van der Waals surface area contributed by atoms with Crippen LogP contribution in [-0.2, 0) is 20.2 Å². The van der Waals surface area contributed by atoms with E-state index in [0.717, 1.165) is 18.3 Å². The lowest BCUT2D eigenvalue weighted by molar-refractivity contribution is -0.143. The fourth-order valence-electron chi connectivity index (χ4n) is 0.765. The van der Waals surface area contributed by atoms with Gasteiger partial charge < -0.3 is 15.9 Å². The summed E-state index contributed by atoms with van der Waals surface area (Å²) in [7, 11) is 0. The third kappa shape index (κ3) is 2.66. The molecule has 1 atom stereocenters. The minimum absolute atomic E-state index is 0.299. The molecular formula is C7H9N3O5S. The van der Waals surface area contributed by atoms with Gasteiger partial charge in [0.05, 0.1) is 0 Å². The zero-order valence-corrected chi connectivity index (χ0v) is 8.95. The summed E-state index contributed by atoms with van der Waals surface area (Å²) < 4.78 is 0. The van der Waals surface area contributed by atoms with Crippen LogP contribution < -0.4 is 11.2 Å². The maximum atomic E-state index is 10.6. The first kappa shape index (κ1) is 12.4. The van der Waals surface area contributed by atoms with Crippen molar-refractivity contribution in [1.29, 1.82) is 0 Å². The molecule has 0 saturated carbocycles. The Morgan fingerprint density at radius 2 is 2.12 bits per heavy atom. The van der Waals surface area contributed by atoms with Gasteiger partial charge in [0.25, 0.3) is 5.97 Å². The molecule has 1 aliphatic rings. The molecular weight excluding hydrogens is 238 g/mol. The SMILES string of the molecule is CC(=O)O.Nc1csc(C2(C(=O)O)NO2)n1. The fourth-order valence-corrected chi connectivity index (χ4v) is 1.54. The first-order valence-electron chi connectivity index (χ1n) is 3.98. The smallest absolute Gasteiger partial charge is 0.363 e. The van der Waals surface area contributed by atoms with Crippen molar-refractivity contribution < 1.29 is 24.6 Å². The highest BCUT2D eigenvalue weighted by molar-refractivity contribution is 7.10. The second kappa shape index (κ2) is 4.43. The quantitative estimate of drug-likeness (QED) is 0.515.